The summed E-state index contributed by atoms with van der Waals surface area (Å²) in [6.45, 7) is 2.18. The van der Waals surface area contributed by atoms with E-state index in [0.717, 1.165) is 0 Å². The number of rotatable bonds is 0. The summed E-state index contributed by atoms with van der Waals surface area (Å²) in [5, 5.41) is 8.29. The molecule has 112 valence electrons. The summed E-state index contributed by atoms with van der Waals surface area (Å²) in [6, 6.07) is 24.9. The molecular weight excluding hydrogens is 308 g/mol. The quantitative estimate of drug-likeness (QED) is 0.271. The lowest BCUT2D eigenvalue weighted by Gasteiger charge is -2.23. The first kappa shape index (κ1) is 12.9. The third-order valence-corrected chi connectivity index (χ3v) is 6.37. The zero-order valence-corrected chi connectivity index (χ0v) is 14.1. The molecule has 0 fully saturated rings. The smallest absolute Gasteiger partial charge is 0.0207 e. The fourth-order valence-electron chi connectivity index (χ4n) is 4.18. The molecule has 1 aliphatic heterocycles. The minimum Gasteiger partial charge on any atom is -0.0888 e. The monoisotopic (exact) mass is 322 g/mol. The Morgan fingerprint density at radius 2 is 1.33 bits per heavy atom. The Morgan fingerprint density at radius 1 is 0.583 bits per heavy atom. The molecule has 1 heteroatoms. The summed E-state index contributed by atoms with van der Waals surface area (Å²) in [4.78, 5) is 2.75. The Labute approximate surface area is 144 Å². The topological polar surface area (TPSA) is 0 Å². The fraction of sp³-hybridized carbons (Fsp3) is 0.0435. The summed E-state index contributed by atoms with van der Waals surface area (Å²) in [6.07, 6.45) is 0. The molecule has 0 nitrogen and oxygen atoms in total. The van der Waals surface area contributed by atoms with Crippen LogP contribution in [0.2, 0.25) is 0 Å². The fourth-order valence-corrected chi connectivity index (χ4v) is 5.28. The van der Waals surface area contributed by atoms with Crippen LogP contribution in [0.4, 0.5) is 0 Å². The largest absolute Gasteiger partial charge is 0.0888 e. The van der Waals surface area contributed by atoms with E-state index in [1.165, 1.54) is 58.8 Å². The molecule has 0 amide bonds. The molecular formula is C23H14S. The highest BCUT2D eigenvalue weighted by Crippen LogP contribution is 2.51. The van der Waals surface area contributed by atoms with Gasteiger partial charge >= 0.3 is 0 Å². The highest BCUT2D eigenvalue weighted by Gasteiger charge is 2.22. The second-order valence-electron chi connectivity index (χ2n) is 6.71. The summed E-state index contributed by atoms with van der Waals surface area (Å²) >= 11 is 1.91. The van der Waals surface area contributed by atoms with Crippen molar-refractivity contribution >= 4 is 44.1 Å². The van der Waals surface area contributed by atoms with Crippen molar-refractivity contribution in [2.45, 2.75) is 16.7 Å². The molecule has 24 heavy (non-hydrogen) atoms. The first-order valence-electron chi connectivity index (χ1n) is 8.29. The van der Waals surface area contributed by atoms with Gasteiger partial charge in [0.25, 0.3) is 0 Å². The van der Waals surface area contributed by atoms with E-state index >= 15 is 0 Å². The molecule has 0 saturated heterocycles. The number of fused-ring (bicyclic) bond motifs is 2. The number of hydrogen-bond donors (Lipinski definition) is 0. The first-order chi connectivity index (χ1) is 11.8. The van der Waals surface area contributed by atoms with E-state index in [9.17, 15) is 0 Å². The molecule has 0 radical (unpaired) electrons. The van der Waals surface area contributed by atoms with Crippen LogP contribution in [0.25, 0.3) is 43.4 Å². The maximum absolute atomic E-state index is 2.39. The Morgan fingerprint density at radius 3 is 2.25 bits per heavy atom. The normalized spacial score (nSPS) is 13.0. The Hall–Kier alpha value is -2.51. The molecule has 1 aliphatic rings. The second kappa shape index (κ2) is 4.31. The number of hydrogen-bond acceptors (Lipinski definition) is 1. The van der Waals surface area contributed by atoms with Crippen molar-refractivity contribution in [3.63, 3.8) is 0 Å². The van der Waals surface area contributed by atoms with Crippen molar-refractivity contribution in [3.05, 3.63) is 72.3 Å². The Kier molecular flexibility index (Phi) is 2.31. The molecule has 0 aliphatic carbocycles. The molecule has 0 atom stereocenters. The van der Waals surface area contributed by atoms with Crippen molar-refractivity contribution in [2.75, 3.05) is 0 Å². The zero-order valence-electron chi connectivity index (χ0n) is 13.3. The van der Waals surface area contributed by atoms with Crippen LogP contribution < -0.4 is 0 Å². The van der Waals surface area contributed by atoms with Crippen LogP contribution in [0.15, 0.2) is 76.5 Å². The van der Waals surface area contributed by atoms with Gasteiger partial charge in [0.05, 0.1) is 0 Å². The van der Waals surface area contributed by atoms with E-state index in [4.69, 9.17) is 0 Å². The van der Waals surface area contributed by atoms with Gasteiger partial charge in [-0.05, 0) is 63.2 Å². The molecule has 5 aromatic carbocycles. The maximum atomic E-state index is 2.39. The molecule has 0 saturated carbocycles. The standard InChI is InChI=1S/C23H14S/c1-13-5-9-19-17(11-13)18-12-16-4-2-3-14-6-7-15-8-10-20(24-19)23(18)22(15)21(14)16/h2-12H,1H3. The Bertz CT molecular complexity index is 1280. The van der Waals surface area contributed by atoms with Gasteiger partial charge in [-0.25, -0.2) is 0 Å². The van der Waals surface area contributed by atoms with E-state index in [1.807, 2.05) is 11.8 Å². The average molecular weight is 322 g/mol. The minimum absolute atomic E-state index is 1.32. The van der Waals surface area contributed by atoms with Crippen LogP contribution in [-0.4, -0.2) is 0 Å². The van der Waals surface area contributed by atoms with Crippen molar-refractivity contribution in [1.82, 2.24) is 0 Å². The van der Waals surface area contributed by atoms with E-state index in [-0.39, 0.29) is 0 Å². The molecule has 0 spiro atoms. The van der Waals surface area contributed by atoms with Crippen LogP contribution in [-0.2, 0) is 0 Å². The van der Waals surface area contributed by atoms with Crippen LogP contribution in [0.3, 0.4) is 0 Å². The lowest BCUT2D eigenvalue weighted by Crippen LogP contribution is -1.95. The van der Waals surface area contributed by atoms with Gasteiger partial charge in [0.2, 0.25) is 0 Å². The van der Waals surface area contributed by atoms with Gasteiger partial charge in [0, 0.05) is 15.2 Å². The zero-order chi connectivity index (χ0) is 15.8. The predicted octanol–water partition coefficient (Wildman–Crippen LogP) is 7.02. The van der Waals surface area contributed by atoms with E-state index in [0.29, 0.717) is 0 Å². The third kappa shape index (κ3) is 1.51. The van der Waals surface area contributed by atoms with Crippen molar-refractivity contribution in [2.24, 2.45) is 0 Å². The van der Waals surface area contributed by atoms with Gasteiger partial charge in [-0.3, -0.25) is 0 Å². The molecule has 0 bridgehead atoms. The SMILES string of the molecule is Cc1ccc2c(c1)-c1cc3cccc4ccc5ccc(c1c5c43)S2. The lowest BCUT2D eigenvalue weighted by atomic mass is 9.88. The van der Waals surface area contributed by atoms with Crippen LogP contribution >= 0.6 is 11.8 Å². The maximum Gasteiger partial charge on any atom is 0.0207 e. The van der Waals surface area contributed by atoms with Gasteiger partial charge < -0.3 is 0 Å². The second-order valence-corrected chi connectivity index (χ2v) is 7.79. The highest BCUT2D eigenvalue weighted by atomic mass is 32.2. The summed E-state index contributed by atoms with van der Waals surface area (Å²) in [5.74, 6) is 0. The van der Waals surface area contributed by atoms with Crippen molar-refractivity contribution in [3.8, 4) is 11.1 Å². The van der Waals surface area contributed by atoms with Crippen LogP contribution in [0.5, 0.6) is 0 Å². The molecule has 1 heterocycles. The number of benzene rings is 5. The predicted molar refractivity (Wildman–Crippen MR) is 104 cm³/mol. The molecule has 5 aromatic rings. The van der Waals surface area contributed by atoms with Gasteiger partial charge in [0.1, 0.15) is 0 Å². The van der Waals surface area contributed by atoms with Crippen molar-refractivity contribution in [1.29, 1.82) is 0 Å². The van der Waals surface area contributed by atoms with E-state index in [2.05, 4.69) is 73.7 Å². The summed E-state index contributed by atoms with van der Waals surface area (Å²) in [5.41, 5.74) is 4.09. The summed E-state index contributed by atoms with van der Waals surface area (Å²) in [7, 11) is 0. The van der Waals surface area contributed by atoms with Gasteiger partial charge in [-0.15, -0.1) is 0 Å². The lowest BCUT2D eigenvalue weighted by molar-refractivity contribution is 1.35. The molecule has 0 aromatic heterocycles. The molecule has 0 unspecified atom stereocenters. The minimum atomic E-state index is 1.32. The average Bonchev–Trinajstić information content (AvgIpc) is 2.62. The molecule has 6 rings (SSSR count). The van der Waals surface area contributed by atoms with Gasteiger partial charge in [-0.1, -0.05) is 65.9 Å². The Balaban J connectivity index is 1.94. The summed E-state index contributed by atoms with van der Waals surface area (Å²) < 4.78 is 0. The first-order valence-corrected chi connectivity index (χ1v) is 9.11. The van der Waals surface area contributed by atoms with Crippen molar-refractivity contribution < 1.29 is 0 Å². The van der Waals surface area contributed by atoms with Gasteiger partial charge in [-0.2, -0.15) is 0 Å². The van der Waals surface area contributed by atoms with Crippen LogP contribution in [0.1, 0.15) is 5.56 Å². The highest BCUT2D eigenvalue weighted by molar-refractivity contribution is 7.99. The van der Waals surface area contributed by atoms with Gasteiger partial charge in [0.15, 0.2) is 0 Å². The number of aryl methyl sites for hydroxylation is 1. The van der Waals surface area contributed by atoms with E-state index in [1.54, 1.807) is 0 Å². The third-order valence-electron chi connectivity index (χ3n) is 5.24. The molecule has 0 N–H and O–H groups in total. The van der Waals surface area contributed by atoms with E-state index < -0.39 is 0 Å². The van der Waals surface area contributed by atoms with Crippen LogP contribution in [0, 0.1) is 6.92 Å².